The van der Waals surface area contributed by atoms with Crippen molar-refractivity contribution >= 4 is 0 Å². The lowest BCUT2D eigenvalue weighted by Crippen LogP contribution is -2.15. The molecule has 0 saturated carbocycles. The van der Waals surface area contributed by atoms with E-state index in [1.165, 1.54) is 0 Å². The number of aryl methyl sites for hydroxylation is 1. The Hall–Kier alpha value is -0.990. The first-order chi connectivity index (χ1) is 7.91. The molecule has 0 aliphatic carbocycles. The van der Waals surface area contributed by atoms with Crippen molar-refractivity contribution in [1.29, 1.82) is 0 Å². The lowest BCUT2D eigenvalue weighted by atomic mass is 9.88. The van der Waals surface area contributed by atoms with Gasteiger partial charge in [-0.05, 0) is 19.3 Å². The van der Waals surface area contributed by atoms with E-state index in [0.717, 1.165) is 43.5 Å². The van der Waals surface area contributed by atoms with Crippen LogP contribution in [0.3, 0.4) is 0 Å². The predicted octanol–water partition coefficient (Wildman–Crippen LogP) is 3.64. The van der Waals surface area contributed by atoms with Gasteiger partial charge in [-0.1, -0.05) is 41.0 Å². The summed E-state index contributed by atoms with van der Waals surface area (Å²) < 4.78 is 1.76. The van der Waals surface area contributed by atoms with E-state index in [2.05, 4.69) is 39.7 Å². The van der Waals surface area contributed by atoms with E-state index in [9.17, 15) is 5.11 Å². The summed E-state index contributed by atoms with van der Waals surface area (Å²) in [5.41, 5.74) is 2.10. The van der Waals surface area contributed by atoms with E-state index in [4.69, 9.17) is 0 Å². The van der Waals surface area contributed by atoms with E-state index < -0.39 is 0 Å². The molecule has 17 heavy (non-hydrogen) atoms. The highest BCUT2D eigenvalue weighted by Gasteiger charge is 2.25. The standard InChI is InChI=1S/C14H26N2O/c1-6-8-9-11-12(14(3,4)5)15-16(10-7-2)13(11)17/h17H,6-10H2,1-5H3. The molecule has 1 aromatic heterocycles. The van der Waals surface area contributed by atoms with Crippen LogP contribution in [0.1, 0.15) is 65.1 Å². The molecule has 1 N–H and O–H groups in total. The highest BCUT2D eigenvalue weighted by atomic mass is 16.3. The lowest BCUT2D eigenvalue weighted by Gasteiger charge is -2.17. The Bertz CT molecular complexity index is 361. The molecule has 0 aliphatic rings. The molecule has 1 heterocycles. The van der Waals surface area contributed by atoms with Gasteiger partial charge in [0.15, 0.2) is 0 Å². The Kier molecular flexibility index (Phi) is 4.61. The van der Waals surface area contributed by atoms with E-state index in [0.29, 0.717) is 5.88 Å². The summed E-state index contributed by atoms with van der Waals surface area (Å²) in [6.45, 7) is 11.5. The lowest BCUT2D eigenvalue weighted by molar-refractivity contribution is 0.391. The van der Waals surface area contributed by atoms with Gasteiger partial charge in [0.05, 0.1) is 5.69 Å². The van der Waals surface area contributed by atoms with Crippen molar-refractivity contribution in [2.45, 2.75) is 72.3 Å². The van der Waals surface area contributed by atoms with Crippen molar-refractivity contribution in [1.82, 2.24) is 9.78 Å². The molecule has 0 unspecified atom stereocenters. The van der Waals surface area contributed by atoms with Crippen LogP contribution in [0.15, 0.2) is 0 Å². The molecular weight excluding hydrogens is 212 g/mol. The van der Waals surface area contributed by atoms with Crippen molar-refractivity contribution in [2.75, 3.05) is 0 Å². The predicted molar refractivity (Wildman–Crippen MR) is 71.5 cm³/mol. The fourth-order valence-electron chi connectivity index (χ4n) is 2.04. The van der Waals surface area contributed by atoms with Crippen molar-refractivity contribution < 1.29 is 5.11 Å². The molecule has 0 atom stereocenters. The molecule has 0 radical (unpaired) electrons. The summed E-state index contributed by atoms with van der Waals surface area (Å²) in [4.78, 5) is 0. The molecule has 3 heteroatoms. The van der Waals surface area contributed by atoms with E-state index in [-0.39, 0.29) is 5.41 Å². The molecule has 0 bridgehead atoms. The number of aromatic hydroxyl groups is 1. The van der Waals surface area contributed by atoms with E-state index in [1.807, 2.05) is 0 Å². The monoisotopic (exact) mass is 238 g/mol. The number of aromatic nitrogens is 2. The zero-order chi connectivity index (χ0) is 13.1. The Balaban J connectivity index is 3.12. The van der Waals surface area contributed by atoms with Gasteiger partial charge in [0.1, 0.15) is 0 Å². The summed E-state index contributed by atoms with van der Waals surface area (Å²) in [5.74, 6) is 0.380. The molecule has 1 aromatic rings. The van der Waals surface area contributed by atoms with E-state index in [1.54, 1.807) is 4.68 Å². The summed E-state index contributed by atoms with van der Waals surface area (Å²) in [7, 11) is 0. The summed E-state index contributed by atoms with van der Waals surface area (Å²) in [6.07, 6.45) is 4.17. The van der Waals surface area contributed by atoms with Gasteiger partial charge >= 0.3 is 0 Å². The minimum Gasteiger partial charge on any atom is -0.493 e. The third kappa shape index (κ3) is 3.24. The number of hydrogen-bond donors (Lipinski definition) is 1. The van der Waals surface area contributed by atoms with Crippen molar-refractivity contribution in [3.63, 3.8) is 0 Å². The molecule has 0 saturated heterocycles. The van der Waals surface area contributed by atoms with Crippen molar-refractivity contribution in [3.8, 4) is 5.88 Å². The average molecular weight is 238 g/mol. The molecule has 0 aromatic carbocycles. The van der Waals surface area contributed by atoms with Gasteiger partial charge in [-0.2, -0.15) is 5.10 Å². The smallest absolute Gasteiger partial charge is 0.212 e. The third-order valence-electron chi connectivity index (χ3n) is 2.95. The molecule has 0 aliphatic heterocycles. The van der Waals surface area contributed by atoms with Crippen LogP contribution in [0.2, 0.25) is 0 Å². The molecule has 0 amide bonds. The Morgan fingerprint density at radius 2 is 1.82 bits per heavy atom. The average Bonchev–Trinajstić information content (AvgIpc) is 2.54. The first-order valence-electron chi connectivity index (χ1n) is 6.70. The Morgan fingerprint density at radius 1 is 1.18 bits per heavy atom. The zero-order valence-corrected chi connectivity index (χ0v) is 11.9. The van der Waals surface area contributed by atoms with Crippen LogP contribution in [0.25, 0.3) is 0 Å². The van der Waals surface area contributed by atoms with Crippen LogP contribution in [0.5, 0.6) is 5.88 Å². The van der Waals surface area contributed by atoms with Gasteiger partial charge in [0.2, 0.25) is 5.88 Å². The Morgan fingerprint density at radius 3 is 2.29 bits per heavy atom. The minimum absolute atomic E-state index is 0.000450. The second kappa shape index (κ2) is 5.56. The number of nitrogens with zero attached hydrogens (tertiary/aromatic N) is 2. The zero-order valence-electron chi connectivity index (χ0n) is 11.9. The number of hydrogen-bond acceptors (Lipinski definition) is 2. The van der Waals surface area contributed by atoms with Gasteiger partial charge in [0.25, 0.3) is 0 Å². The normalized spacial score (nSPS) is 12.1. The summed E-state index contributed by atoms with van der Waals surface area (Å²) in [6, 6.07) is 0. The third-order valence-corrected chi connectivity index (χ3v) is 2.95. The second-order valence-corrected chi connectivity index (χ2v) is 5.73. The SMILES string of the molecule is CCCCc1c(C(C)(C)C)nn(CCC)c1O. The van der Waals surface area contributed by atoms with Crippen LogP contribution in [-0.2, 0) is 18.4 Å². The van der Waals surface area contributed by atoms with Crippen LogP contribution in [0.4, 0.5) is 0 Å². The number of unbranched alkanes of at least 4 members (excludes halogenated alkanes) is 1. The molecule has 0 spiro atoms. The fourth-order valence-corrected chi connectivity index (χ4v) is 2.04. The van der Waals surface area contributed by atoms with Crippen LogP contribution in [-0.4, -0.2) is 14.9 Å². The van der Waals surface area contributed by atoms with Crippen LogP contribution >= 0.6 is 0 Å². The number of rotatable bonds is 5. The molecular formula is C14H26N2O. The molecule has 3 nitrogen and oxygen atoms in total. The Labute approximate surface area is 105 Å². The van der Waals surface area contributed by atoms with Gasteiger partial charge in [-0.25, -0.2) is 4.68 Å². The first-order valence-corrected chi connectivity index (χ1v) is 6.70. The maximum Gasteiger partial charge on any atom is 0.212 e. The van der Waals surface area contributed by atoms with Gasteiger partial charge < -0.3 is 5.11 Å². The van der Waals surface area contributed by atoms with Crippen LogP contribution < -0.4 is 0 Å². The quantitative estimate of drug-likeness (QED) is 0.850. The van der Waals surface area contributed by atoms with Crippen molar-refractivity contribution in [3.05, 3.63) is 11.3 Å². The van der Waals surface area contributed by atoms with Gasteiger partial charge in [-0.15, -0.1) is 0 Å². The van der Waals surface area contributed by atoms with E-state index >= 15 is 0 Å². The highest BCUT2D eigenvalue weighted by Crippen LogP contribution is 2.32. The van der Waals surface area contributed by atoms with Crippen LogP contribution in [0, 0.1) is 0 Å². The summed E-state index contributed by atoms with van der Waals surface area (Å²) >= 11 is 0. The summed E-state index contributed by atoms with van der Waals surface area (Å²) in [5, 5.41) is 14.8. The fraction of sp³-hybridized carbons (Fsp3) is 0.786. The highest BCUT2D eigenvalue weighted by molar-refractivity contribution is 5.35. The first kappa shape index (κ1) is 14.1. The van der Waals surface area contributed by atoms with Gasteiger partial charge in [-0.3, -0.25) is 0 Å². The topological polar surface area (TPSA) is 38.0 Å². The maximum absolute atomic E-state index is 10.2. The maximum atomic E-state index is 10.2. The molecule has 98 valence electrons. The molecule has 1 rings (SSSR count). The van der Waals surface area contributed by atoms with Gasteiger partial charge in [0, 0.05) is 17.5 Å². The minimum atomic E-state index is -0.000450. The molecule has 0 fully saturated rings. The van der Waals surface area contributed by atoms with Crippen molar-refractivity contribution in [2.24, 2.45) is 0 Å². The second-order valence-electron chi connectivity index (χ2n) is 5.73. The largest absolute Gasteiger partial charge is 0.493 e.